The summed E-state index contributed by atoms with van der Waals surface area (Å²) in [6.07, 6.45) is 4.12. The lowest BCUT2D eigenvalue weighted by atomic mass is 9.81. The topological polar surface area (TPSA) is 38.3 Å². The molecule has 3 nitrogen and oxygen atoms in total. The van der Waals surface area contributed by atoms with E-state index in [9.17, 15) is 4.79 Å². The van der Waals surface area contributed by atoms with Crippen molar-refractivity contribution in [3.05, 3.63) is 0 Å². The Morgan fingerprint density at radius 3 is 2.68 bits per heavy atom. The highest BCUT2D eigenvalue weighted by atomic mass is 32.2. The number of nitrogens with one attached hydrogen (secondary N) is 1. The van der Waals surface area contributed by atoms with Crippen molar-refractivity contribution in [3.63, 3.8) is 0 Å². The van der Waals surface area contributed by atoms with Gasteiger partial charge in [0.05, 0.1) is 7.11 Å². The van der Waals surface area contributed by atoms with E-state index in [2.05, 4.69) is 33.0 Å². The van der Waals surface area contributed by atoms with Crippen LogP contribution in [0.3, 0.4) is 0 Å². The summed E-state index contributed by atoms with van der Waals surface area (Å²) < 4.78 is 5.04. The van der Waals surface area contributed by atoms with Crippen LogP contribution in [0.1, 0.15) is 53.4 Å². The molecule has 0 aliphatic heterocycles. The Labute approximate surface area is 122 Å². The molecule has 1 N–H and O–H groups in total. The van der Waals surface area contributed by atoms with Crippen LogP contribution in [0.4, 0.5) is 0 Å². The molecule has 1 rings (SSSR count). The van der Waals surface area contributed by atoms with Crippen LogP contribution in [0.25, 0.3) is 0 Å². The van der Waals surface area contributed by atoms with Gasteiger partial charge in [0.25, 0.3) is 0 Å². The van der Waals surface area contributed by atoms with Crippen LogP contribution in [0, 0.1) is 5.92 Å². The van der Waals surface area contributed by atoms with Gasteiger partial charge in [-0.15, -0.1) is 0 Å². The van der Waals surface area contributed by atoms with E-state index in [0.29, 0.717) is 16.4 Å². The largest absolute Gasteiger partial charge is 0.468 e. The molecule has 3 atom stereocenters. The predicted molar refractivity (Wildman–Crippen MR) is 82.6 cm³/mol. The van der Waals surface area contributed by atoms with Crippen LogP contribution in [0.2, 0.25) is 0 Å². The van der Waals surface area contributed by atoms with Crippen molar-refractivity contribution in [2.24, 2.45) is 5.92 Å². The van der Waals surface area contributed by atoms with Crippen molar-refractivity contribution in [2.45, 2.75) is 69.4 Å². The van der Waals surface area contributed by atoms with Crippen molar-refractivity contribution in [3.8, 4) is 0 Å². The van der Waals surface area contributed by atoms with Gasteiger partial charge in [0, 0.05) is 10.5 Å². The predicted octanol–water partition coefficient (Wildman–Crippen LogP) is 3.23. The minimum absolute atomic E-state index is 0.0862. The van der Waals surface area contributed by atoms with Gasteiger partial charge in [0.15, 0.2) is 0 Å². The van der Waals surface area contributed by atoms with Gasteiger partial charge in [-0.1, -0.05) is 27.7 Å². The maximum atomic E-state index is 12.1. The molecule has 4 heteroatoms. The average Bonchev–Trinajstić information content (AvgIpc) is 2.38. The van der Waals surface area contributed by atoms with Gasteiger partial charge < -0.3 is 10.1 Å². The van der Waals surface area contributed by atoms with Gasteiger partial charge >= 0.3 is 5.97 Å². The molecular formula is C15H29NO2S. The summed E-state index contributed by atoms with van der Waals surface area (Å²) in [5, 5.41) is 4.59. The number of methoxy groups -OCH3 is 1. The fraction of sp³-hybridized carbons (Fsp3) is 0.933. The monoisotopic (exact) mass is 287 g/mol. The molecule has 1 fully saturated rings. The van der Waals surface area contributed by atoms with Crippen LogP contribution in [-0.4, -0.2) is 35.7 Å². The first kappa shape index (κ1) is 16.8. The molecule has 3 unspecified atom stereocenters. The van der Waals surface area contributed by atoms with Crippen molar-refractivity contribution in [1.82, 2.24) is 5.32 Å². The van der Waals surface area contributed by atoms with Crippen molar-refractivity contribution >= 4 is 17.7 Å². The van der Waals surface area contributed by atoms with Crippen LogP contribution in [0.15, 0.2) is 0 Å². The van der Waals surface area contributed by atoms with E-state index in [1.165, 1.54) is 13.5 Å². The first-order chi connectivity index (χ1) is 8.95. The third-order valence-corrected chi connectivity index (χ3v) is 5.90. The smallest absolute Gasteiger partial charge is 0.326 e. The van der Waals surface area contributed by atoms with Crippen molar-refractivity contribution in [1.29, 1.82) is 0 Å². The highest BCUT2D eigenvalue weighted by Crippen LogP contribution is 2.38. The molecule has 1 saturated carbocycles. The molecule has 0 bridgehead atoms. The maximum absolute atomic E-state index is 12.1. The van der Waals surface area contributed by atoms with Gasteiger partial charge in [0.1, 0.15) is 5.54 Å². The lowest BCUT2D eigenvalue weighted by Crippen LogP contribution is -2.56. The molecule has 0 radical (unpaired) electrons. The fourth-order valence-electron chi connectivity index (χ4n) is 2.75. The molecule has 0 spiro atoms. The van der Waals surface area contributed by atoms with E-state index in [1.807, 2.05) is 11.8 Å². The van der Waals surface area contributed by atoms with E-state index in [-0.39, 0.29) is 5.97 Å². The average molecular weight is 287 g/mol. The first-order valence-corrected chi connectivity index (χ1v) is 8.38. The number of hydrogen-bond acceptors (Lipinski definition) is 4. The third-order valence-electron chi connectivity index (χ3n) is 4.14. The second-order valence-electron chi connectivity index (χ2n) is 5.91. The van der Waals surface area contributed by atoms with Gasteiger partial charge in [-0.25, -0.2) is 0 Å². The SMILES string of the molecule is CCNC1(C(=O)OC)CCCC(SC(C)C(C)C)C1. The fourth-order valence-corrected chi connectivity index (χ4v) is 4.36. The minimum atomic E-state index is -0.448. The molecule has 0 aromatic rings. The number of ether oxygens (including phenoxy) is 1. The van der Waals surface area contributed by atoms with Crippen LogP contribution in [0.5, 0.6) is 0 Å². The summed E-state index contributed by atoms with van der Waals surface area (Å²) in [5.41, 5.74) is -0.448. The normalized spacial score (nSPS) is 29.3. The number of carbonyl (C=O) groups is 1. The highest BCUT2D eigenvalue weighted by molar-refractivity contribution is 8.00. The number of rotatable bonds is 6. The van der Waals surface area contributed by atoms with Crippen LogP contribution < -0.4 is 5.32 Å². The first-order valence-electron chi connectivity index (χ1n) is 7.44. The zero-order valence-electron chi connectivity index (χ0n) is 13.0. The zero-order chi connectivity index (χ0) is 14.5. The number of likely N-dealkylation sites (N-methyl/N-ethyl adjacent to an activating group) is 1. The summed E-state index contributed by atoms with van der Waals surface area (Å²) in [6, 6.07) is 0. The molecule has 1 aliphatic rings. The Kier molecular flexibility index (Phi) is 6.67. The number of thioether (sulfide) groups is 1. The lowest BCUT2D eigenvalue weighted by Gasteiger charge is -2.40. The lowest BCUT2D eigenvalue weighted by molar-refractivity contribution is -0.150. The summed E-state index contributed by atoms with van der Waals surface area (Å²) in [7, 11) is 1.49. The number of hydrogen-bond donors (Lipinski definition) is 1. The Morgan fingerprint density at radius 1 is 1.47 bits per heavy atom. The second-order valence-corrected chi connectivity index (χ2v) is 7.59. The highest BCUT2D eigenvalue weighted by Gasteiger charge is 2.43. The minimum Gasteiger partial charge on any atom is -0.468 e. The molecule has 112 valence electrons. The Hall–Kier alpha value is -0.220. The van der Waals surface area contributed by atoms with E-state index in [0.717, 1.165) is 25.8 Å². The maximum Gasteiger partial charge on any atom is 0.326 e. The molecule has 1 aliphatic carbocycles. The van der Waals surface area contributed by atoms with Gasteiger partial charge in [-0.3, -0.25) is 4.79 Å². The molecule has 0 saturated heterocycles. The molecular weight excluding hydrogens is 258 g/mol. The Bertz CT molecular complexity index is 292. The summed E-state index contributed by atoms with van der Waals surface area (Å²) in [5.74, 6) is 0.593. The molecule has 19 heavy (non-hydrogen) atoms. The second kappa shape index (κ2) is 7.53. The van der Waals surface area contributed by atoms with Gasteiger partial charge in [-0.05, 0) is 38.1 Å². The Balaban J connectivity index is 2.71. The molecule has 0 heterocycles. The molecule has 0 aromatic carbocycles. The van der Waals surface area contributed by atoms with Crippen molar-refractivity contribution in [2.75, 3.05) is 13.7 Å². The van der Waals surface area contributed by atoms with Crippen LogP contribution >= 0.6 is 11.8 Å². The zero-order valence-corrected chi connectivity index (χ0v) is 13.8. The summed E-state index contributed by atoms with van der Waals surface area (Å²) in [4.78, 5) is 12.1. The third kappa shape index (κ3) is 4.38. The molecule has 0 aromatic heterocycles. The number of carbonyl (C=O) groups excluding carboxylic acids is 1. The van der Waals surface area contributed by atoms with E-state index in [4.69, 9.17) is 4.74 Å². The van der Waals surface area contributed by atoms with Crippen molar-refractivity contribution < 1.29 is 9.53 Å². The van der Waals surface area contributed by atoms with E-state index in [1.54, 1.807) is 0 Å². The van der Waals surface area contributed by atoms with Crippen LogP contribution in [-0.2, 0) is 9.53 Å². The quantitative estimate of drug-likeness (QED) is 0.761. The van der Waals surface area contributed by atoms with Gasteiger partial charge in [0.2, 0.25) is 0 Å². The standard InChI is InChI=1S/C15H29NO2S/c1-6-16-15(14(17)18-5)9-7-8-13(10-15)19-12(4)11(2)3/h11-13,16H,6-10H2,1-5H3. The summed E-state index contributed by atoms with van der Waals surface area (Å²) in [6.45, 7) is 9.68. The van der Waals surface area contributed by atoms with E-state index >= 15 is 0 Å². The number of esters is 1. The Morgan fingerprint density at radius 2 is 2.16 bits per heavy atom. The molecule has 0 amide bonds. The van der Waals surface area contributed by atoms with E-state index < -0.39 is 5.54 Å². The summed E-state index contributed by atoms with van der Waals surface area (Å²) >= 11 is 2.04. The van der Waals surface area contributed by atoms with Gasteiger partial charge in [-0.2, -0.15) is 11.8 Å².